The predicted molar refractivity (Wildman–Crippen MR) is 79.7 cm³/mol. The number of nitrogens with zero attached hydrogens (tertiary/aromatic N) is 5. The molecule has 1 aromatic heterocycles. The number of carbonyl (C=O) groups excluding carboxylic acids is 1. The van der Waals surface area contributed by atoms with Gasteiger partial charge in [0.2, 0.25) is 12.4 Å². The fraction of sp³-hybridized carbons (Fsp3) is 0.643. The third-order valence-corrected chi connectivity index (χ3v) is 3.91. The van der Waals surface area contributed by atoms with Crippen LogP contribution in [0.4, 0.5) is 11.8 Å². The van der Waals surface area contributed by atoms with Crippen molar-refractivity contribution in [2.24, 2.45) is 0 Å². The molecular weight excluding hydrogens is 270 g/mol. The Hall–Kier alpha value is -1.89. The van der Waals surface area contributed by atoms with E-state index in [4.69, 9.17) is 9.72 Å². The summed E-state index contributed by atoms with van der Waals surface area (Å²) in [7, 11) is 0. The maximum atomic E-state index is 10.8. The minimum atomic E-state index is 0.727. The maximum absolute atomic E-state index is 10.8. The summed E-state index contributed by atoms with van der Waals surface area (Å²) in [6.45, 7) is 8.25. The van der Waals surface area contributed by atoms with Gasteiger partial charge in [0.1, 0.15) is 5.82 Å². The van der Waals surface area contributed by atoms with Gasteiger partial charge in [-0.15, -0.1) is 0 Å². The topological polar surface area (TPSA) is 61.8 Å². The lowest BCUT2D eigenvalue weighted by atomic mass is 10.3. The Morgan fingerprint density at radius 1 is 1.05 bits per heavy atom. The van der Waals surface area contributed by atoms with E-state index in [-0.39, 0.29) is 0 Å². The van der Waals surface area contributed by atoms with E-state index in [1.54, 1.807) is 4.90 Å². The van der Waals surface area contributed by atoms with Crippen molar-refractivity contribution >= 4 is 18.2 Å². The van der Waals surface area contributed by atoms with Crippen molar-refractivity contribution < 1.29 is 9.53 Å². The summed E-state index contributed by atoms with van der Waals surface area (Å²) in [5, 5.41) is 0. The van der Waals surface area contributed by atoms with Gasteiger partial charge in [-0.3, -0.25) is 4.79 Å². The monoisotopic (exact) mass is 291 g/mol. The number of piperazine rings is 1. The van der Waals surface area contributed by atoms with Crippen LogP contribution in [-0.2, 0) is 9.53 Å². The van der Waals surface area contributed by atoms with Gasteiger partial charge >= 0.3 is 0 Å². The van der Waals surface area contributed by atoms with Crippen LogP contribution in [0.2, 0.25) is 0 Å². The Kier molecular flexibility index (Phi) is 4.19. The van der Waals surface area contributed by atoms with Crippen LogP contribution < -0.4 is 9.80 Å². The molecule has 0 atom stereocenters. The van der Waals surface area contributed by atoms with Crippen molar-refractivity contribution in [1.82, 2.24) is 14.9 Å². The Labute approximate surface area is 124 Å². The molecule has 0 radical (unpaired) electrons. The number of aromatic nitrogens is 2. The van der Waals surface area contributed by atoms with Gasteiger partial charge in [0.25, 0.3) is 0 Å². The van der Waals surface area contributed by atoms with Crippen LogP contribution in [-0.4, -0.2) is 73.8 Å². The zero-order valence-electron chi connectivity index (χ0n) is 12.4. The fourth-order valence-corrected chi connectivity index (χ4v) is 2.66. The van der Waals surface area contributed by atoms with Crippen LogP contribution in [0.15, 0.2) is 6.07 Å². The first-order chi connectivity index (χ1) is 10.3. The highest BCUT2D eigenvalue weighted by atomic mass is 16.5. The molecule has 3 rings (SSSR count). The summed E-state index contributed by atoms with van der Waals surface area (Å²) >= 11 is 0. The first-order valence-corrected chi connectivity index (χ1v) is 7.39. The summed E-state index contributed by atoms with van der Waals surface area (Å²) in [4.78, 5) is 26.2. The molecule has 0 saturated carbocycles. The van der Waals surface area contributed by atoms with E-state index in [2.05, 4.69) is 14.8 Å². The minimum Gasteiger partial charge on any atom is -0.378 e. The van der Waals surface area contributed by atoms with E-state index in [9.17, 15) is 4.79 Å². The number of anilines is 2. The first-order valence-electron chi connectivity index (χ1n) is 7.39. The molecule has 1 aromatic rings. The number of aryl methyl sites for hydroxylation is 1. The molecule has 0 bridgehead atoms. The van der Waals surface area contributed by atoms with Crippen molar-refractivity contribution in [1.29, 1.82) is 0 Å². The van der Waals surface area contributed by atoms with E-state index < -0.39 is 0 Å². The van der Waals surface area contributed by atoms with Crippen molar-refractivity contribution in [3.8, 4) is 0 Å². The molecule has 0 N–H and O–H groups in total. The van der Waals surface area contributed by atoms with Crippen LogP contribution >= 0.6 is 0 Å². The minimum absolute atomic E-state index is 0.727. The lowest BCUT2D eigenvalue weighted by Crippen LogP contribution is -2.46. The standard InChI is InChI=1S/C14H21N5O2/c1-12-10-13(18-4-2-17(11-20)3-5-18)16-14(15-12)19-6-8-21-9-7-19/h10-11H,2-9H2,1H3. The fourth-order valence-electron chi connectivity index (χ4n) is 2.66. The van der Waals surface area contributed by atoms with E-state index in [0.717, 1.165) is 76.4 Å². The molecule has 1 amide bonds. The van der Waals surface area contributed by atoms with Crippen LogP contribution in [0.1, 0.15) is 5.69 Å². The quantitative estimate of drug-likeness (QED) is 0.725. The third kappa shape index (κ3) is 3.24. The maximum Gasteiger partial charge on any atom is 0.227 e. The molecule has 3 heterocycles. The second-order valence-corrected chi connectivity index (χ2v) is 5.40. The summed E-state index contributed by atoms with van der Waals surface area (Å²) in [6, 6.07) is 2.01. The van der Waals surface area contributed by atoms with Gasteiger partial charge in [-0.25, -0.2) is 4.98 Å². The highest BCUT2D eigenvalue weighted by Crippen LogP contribution is 2.19. The lowest BCUT2D eigenvalue weighted by Gasteiger charge is -2.34. The number of carbonyl (C=O) groups is 1. The molecule has 114 valence electrons. The molecule has 0 unspecified atom stereocenters. The predicted octanol–water partition coefficient (Wildman–Crippen LogP) is -0.1000. The van der Waals surface area contributed by atoms with Gasteiger partial charge in [0, 0.05) is 51.0 Å². The summed E-state index contributed by atoms with van der Waals surface area (Å²) < 4.78 is 5.38. The molecule has 2 aliphatic heterocycles. The summed E-state index contributed by atoms with van der Waals surface area (Å²) in [5.41, 5.74) is 0.972. The molecule has 2 saturated heterocycles. The molecule has 7 heteroatoms. The normalized spacial score (nSPS) is 19.8. The van der Waals surface area contributed by atoms with Crippen molar-refractivity contribution in [2.75, 3.05) is 62.3 Å². The van der Waals surface area contributed by atoms with Crippen LogP contribution in [0.5, 0.6) is 0 Å². The van der Waals surface area contributed by atoms with Crippen molar-refractivity contribution in [3.63, 3.8) is 0 Å². The van der Waals surface area contributed by atoms with Crippen LogP contribution in [0.25, 0.3) is 0 Å². The van der Waals surface area contributed by atoms with E-state index >= 15 is 0 Å². The van der Waals surface area contributed by atoms with E-state index in [1.165, 1.54) is 0 Å². The SMILES string of the molecule is Cc1cc(N2CCN(C=O)CC2)nc(N2CCOCC2)n1. The van der Waals surface area contributed by atoms with Gasteiger partial charge in [-0.05, 0) is 6.92 Å². The second-order valence-electron chi connectivity index (χ2n) is 5.40. The van der Waals surface area contributed by atoms with Gasteiger partial charge in [-0.1, -0.05) is 0 Å². The largest absolute Gasteiger partial charge is 0.378 e. The van der Waals surface area contributed by atoms with Gasteiger partial charge < -0.3 is 19.4 Å². The Morgan fingerprint density at radius 2 is 1.76 bits per heavy atom. The highest BCUT2D eigenvalue weighted by Gasteiger charge is 2.20. The number of hydrogen-bond acceptors (Lipinski definition) is 6. The molecule has 0 aliphatic carbocycles. The van der Waals surface area contributed by atoms with Gasteiger partial charge in [-0.2, -0.15) is 4.98 Å². The van der Waals surface area contributed by atoms with Crippen molar-refractivity contribution in [2.45, 2.75) is 6.92 Å². The van der Waals surface area contributed by atoms with E-state index in [0.29, 0.717) is 0 Å². The van der Waals surface area contributed by atoms with Gasteiger partial charge in [0.15, 0.2) is 0 Å². The van der Waals surface area contributed by atoms with E-state index in [1.807, 2.05) is 13.0 Å². The van der Waals surface area contributed by atoms with Crippen LogP contribution in [0.3, 0.4) is 0 Å². The summed E-state index contributed by atoms with van der Waals surface area (Å²) in [5.74, 6) is 1.74. The molecule has 2 fully saturated rings. The molecule has 2 aliphatic rings. The van der Waals surface area contributed by atoms with Crippen LogP contribution in [0, 0.1) is 6.92 Å². The van der Waals surface area contributed by atoms with Gasteiger partial charge in [0.05, 0.1) is 13.2 Å². The molecular formula is C14H21N5O2. The number of rotatable bonds is 3. The average Bonchev–Trinajstić information content (AvgIpc) is 2.55. The molecule has 21 heavy (non-hydrogen) atoms. The smallest absolute Gasteiger partial charge is 0.227 e. The number of morpholine rings is 1. The first kappa shape index (κ1) is 14.1. The highest BCUT2D eigenvalue weighted by molar-refractivity contribution is 5.50. The van der Waals surface area contributed by atoms with Crippen molar-refractivity contribution in [3.05, 3.63) is 11.8 Å². The Morgan fingerprint density at radius 3 is 2.43 bits per heavy atom. The zero-order valence-corrected chi connectivity index (χ0v) is 12.4. The second kappa shape index (κ2) is 6.26. The molecule has 7 nitrogen and oxygen atoms in total. The molecule has 0 aromatic carbocycles. The number of amides is 1. The lowest BCUT2D eigenvalue weighted by molar-refractivity contribution is -0.118. The number of ether oxygens (including phenoxy) is 1. The summed E-state index contributed by atoms with van der Waals surface area (Å²) in [6.07, 6.45) is 0.918. The molecule has 0 spiro atoms. The Balaban J connectivity index is 1.76. The average molecular weight is 291 g/mol. The Bertz CT molecular complexity index is 496. The third-order valence-electron chi connectivity index (χ3n) is 3.91. The zero-order chi connectivity index (χ0) is 14.7. The number of hydrogen-bond donors (Lipinski definition) is 0.